The highest BCUT2D eigenvalue weighted by Crippen LogP contribution is 2.49. The van der Waals surface area contributed by atoms with E-state index in [1.807, 2.05) is 36.4 Å². The molecule has 0 unspecified atom stereocenters. The van der Waals surface area contributed by atoms with Crippen molar-refractivity contribution in [1.29, 1.82) is 0 Å². The van der Waals surface area contributed by atoms with Crippen molar-refractivity contribution < 1.29 is 107 Å². The minimum absolute atomic E-state index is 0.0237. The minimum Gasteiger partial charge on any atom is -0.492 e. The molecule has 0 spiro atoms. The summed E-state index contributed by atoms with van der Waals surface area (Å²) in [7, 11) is 9.63. The molecule has 0 radical (unpaired) electrons. The van der Waals surface area contributed by atoms with E-state index in [4.69, 9.17) is 61.7 Å². The number of aliphatic hydroxyl groups excluding tert-OH is 5. The first kappa shape index (κ1) is 70.3. The molecule has 0 saturated carbocycles. The average molecular weight is 1380 g/mol. The summed E-state index contributed by atoms with van der Waals surface area (Å²) >= 11 is 2.82. The number of nitrogens with one attached hydrogen (secondary N) is 2. The zero-order valence-corrected chi connectivity index (χ0v) is 54.3. The number of esters is 1. The number of Topliss-reactive ketones (excluding diaryl/α,β-unsaturated/α-hetero) is 1. The summed E-state index contributed by atoms with van der Waals surface area (Å²) in [6.07, 6.45) is -13.4. The largest absolute Gasteiger partial charge is 0.492 e. The number of fused-ring (bicyclic) bond motifs is 2. The Morgan fingerprint density at radius 2 is 1.62 bits per heavy atom. The van der Waals surface area contributed by atoms with Gasteiger partial charge < -0.3 is 92.8 Å². The van der Waals surface area contributed by atoms with Crippen LogP contribution in [0.15, 0.2) is 34.9 Å². The fraction of sp³-hybridized carbons (Fsp3) is 0.672. The fourth-order valence-corrected chi connectivity index (χ4v) is 14.5. The Kier molecular flexibility index (Phi) is 26.4. The molecule has 86 heavy (non-hydrogen) atoms. The van der Waals surface area contributed by atoms with Gasteiger partial charge in [0.2, 0.25) is 17.2 Å². The molecule has 4 aliphatic heterocycles. The molecular weight excluding hydrogens is 1300 g/mol. The molecule has 20 atom stereocenters. The van der Waals surface area contributed by atoms with E-state index in [2.05, 4.69) is 34.5 Å². The van der Waals surface area contributed by atoms with Gasteiger partial charge in [0.05, 0.1) is 104 Å². The van der Waals surface area contributed by atoms with E-state index in [9.17, 15) is 45.0 Å². The third-order valence-electron chi connectivity index (χ3n) is 15.4. The SMILES string of the molecule is CCN[C@H]1CO[C@@H](O[C@H]2[C@H](O[C@H]3C#C/C=C\C#C[C@]4(O)CC(=O)C(CC(=O)OC)=C3/C4=C\CSS[C@H](C)CO)O[C@H](C)[C@@H](NO[C@H]3C[C@H](O)[C@H](SC(=O)c4c(C)c(I)c(O[C@@H]5O[C@@H](C)[C@H](O)[C@@H](OC)[C@H]5O)c(OC)c4OC)[C@@H](C)O3)[C@@H]2O)C[C@@H]1OC. The first-order valence-electron chi connectivity index (χ1n) is 28.1. The van der Waals surface area contributed by atoms with Crippen molar-refractivity contribution in [3.05, 3.63) is 49.6 Å². The Bertz CT molecular complexity index is 2760. The highest BCUT2D eigenvalue weighted by atomic mass is 127. The summed E-state index contributed by atoms with van der Waals surface area (Å²) in [5.41, 5.74) is 1.58. The maximum Gasteiger partial charge on any atom is 0.310 e. The van der Waals surface area contributed by atoms with Gasteiger partial charge in [0, 0.05) is 54.8 Å². The van der Waals surface area contributed by atoms with Gasteiger partial charge in [0.25, 0.3) is 0 Å². The molecule has 478 valence electrons. The van der Waals surface area contributed by atoms with Crippen molar-refractivity contribution in [3.8, 4) is 40.9 Å². The second-order valence-electron chi connectivity index (χ2n) is 21.2. The number of hydrogen-bond donors (Lipinski definition) is 8. The van der Waals surface area contributed by atoms with Gasteiger partial charge in [-0.15, -0.1) is 0 Å². The maximum absolute atomic E-state index is 14.5. The molecular formula is C58H79IN2O22S3. The van der Waals surface area contributed by atoms with Gasteiger partial charge >= 0.3 is 5.97 Å². The fourth-order valence-electron chi connectivity index (χ4n) is 10.8. The standard InChI is InChI=1S/C58H79IN2O22S3/c1-12-60-34-26-76-40(23-38(34)71-7)81-52-47(67)45(29(4)78-57(52)80-37-17-15-13-14-16-19-58(70)24-36(64)32(21-39(65)72-8)43(37)33(58)18-20-84-86-27(2)25-62)61-83-41-22-35(63)54(31(6)77-41)85-55(69)42-28(3)44(59)50(53(75-11)49(42)73-9)82-56-48(68)51(74-10)46(66)30(5)79-56/h13-14,18,27,29-31,34-35,37-38,40-41,45-48,51-52,54,56-57,60-63,66-68,70H,12,20-26H2,1-11H3/b14-13-,33-18+/t27-,29-,30+,31-,34+,35+,37+,38+,40+,41+,45-,46+,47+,48-,51-,52-,54-,56+,57+,58+/m1/s1. The summed E-state index contributed by atoms with van der Waals surface area (Å²) in [5, 5.41) is 69.9. The number of benzene rings is 1. The first-order valence-corrected chi connectivity index (χ1v) is 32.4. The quantitative estimate of drug-likeness (QED) is 0.0184. The van der Waals surface area contributed by atoms with E-state index < -0.39 is 133 Å². The molecule has 4 fully saturated rings. The van der Waals surface area contributed by atoms with Gasteiger partial charge in [-0.1, -0.05) is 77.0 Å². The number of carbonyl (C=O) groups excluding carboxylic acids is 3. The van der Waals surface area contributed by atoms with Crippen LogP contribution in [-0.4, -0.2) is 229 Å². The number of carbonyl (C=O) groups is 3. The van der Waals surface area contributed by atoms with Crippen LogP contribution in [0.5, 0.6) is 17.2 Å². The molecule has 2 aliphatic carbocycles. The minimum atomic E-state index is -2.07. The Morgan fingerprint density at radius 1 is 0.895 bits per heavy atom. The lowest BCUT2D eigenvalue weighted by Gasteiger charge is -2.46. The zero-order valence-electron chi connectivity index (χ0n) is 49.7. The van der Waals surface area contributed by atoms with Gasteiger partial charge in [0.1, 0.15) is 36.6 Å². The zero-order chi connectivity index (χ0) is 62.7. The Balaban J connectivity index is 1.12. The predicted octanol–water partition coefficient (Wildman–Crippen LogP) is 2.55. The Morgan fingerprint density at radius 3 is 2.28 bits per heavy atom. The number of likely N-dealkylation sites (N-methyl/N-ethyl adjacent to an activating group) is 1. The molecule has 28 heteroatoms. The number of halogens is 1. The summed E-state index contributed by atoms with van der Waals surface area (Å²) < 4.78 is 72.8. The summed E-state index contributed by atoms with van der Waals surface area (Å²) in [5.74, 6) is 10.6. The normalized spacial score (nSPS) is 35.8. The number of aliphatic hydroxyl groups is 6. The lowest BCUT2D eigenvalue weighted by molar-refractivity contribution is -0.336. The van der Waals surface area contributed by atoms with E-state index in [1.54, 1.807) is 40.9 Å². The number of rotatable bonds is 24. The van der Waals surface area contributed by atoms with Crippen LogP contribution in [0.2, 0.25) is 0 Å². The van der Waals surface area contributed by atoms with Gasteiger partial charge in [-0.2, -0.15) is 5.48 Å². The van der Waals surface area contributed by atoms with Crippen molar-refractivity contribution in [3.63, 3.8) is 0 Å². The maximum atomic E-state index is 14.5. The summed E-state index contributed by atoms with van der Waals surface area (Å²) in [4.78, 5) is 47.9. The van der Waals surface area contributed by atoms with Crippen LogP contribution in [0, 0.1) is 34.2 Å². The average Bonchev–Trinajstić information content (AvgIpc) is 1.02. The van der Waals surface area contributed by atoms with Gasteiger partial charge in [-0.05, 0) is 74.5 Å². The topological polar surface area (TPSA) is 317 Å². The molecule has 0 amide bonds. The van der Waals surface area contributed by atoms with Crippen LogP contribution < -0.4 is 25.0 Å². The lowest BCUT2D eigenvalue weighted by atomic mass is 9.72. The smallest absolute Gasteiger partial charge is 0.310 e. The van der Waals surface area contributed by atoms with Gasteiger partial charge in [-0.25, -0.2) is 0 Å². The van der Waals surface area contributed by atoms with Crippen molar-refractivity contribution in [2.75, 3.05) is 61.1 Å². The molecule has 6 aliphatic rings. The number of ether oxygens (including phenoxy) is 12. The second kappa shape index (κ2) is 32.2. The molecule has 2 bridgehead atoms. The molecule has 1 aromatic carbocycles. The highest BCUT2D eigenvalue weighted by Gasteiger charge is 2.52. The van der Waals surface area contributed by atoms with Crippen molar-refractivity contribution in [2.24, 2.45) is 0 Å². The molecule has 7 rings (SSSR count). The highest BCUT2D eigenvalue weighted by molar-refractivity contribution is 14.1. The Labute approximate surface area is 526 Å². The monoisotopic (exact) mass is 1380 g/mol. The number of hydrogen-bond acceptors (Lipinski definition) is 27. The van der Waals surface area contributed by atoms with Crippen LogP contribution in [0.3, 0.4) is 0 Å². The number of ketones is 1. The van der Waals surface area contributed by atoms with Crippen LogP contribution in [0.4, 0.5) is 0 Å². The summed E-state index contributed by atoms with van der Waals surface area (Å²) in [6, 6.07) is -1.28. The van der Waals surface area contributed by atoms with Gasteiger partial charge in [-0.3, -0.25) is 19.2 Å². The second-order valence-corrected chi connectivity index (χ2v) is 26.2. The number of hydroxylamine groups is 1. The molecule has 8 N–H and O–H groups in total. The molecule has 1 aromatic rings. The van der Waals surface area contributed by atoms with Crippen LogP contribution >= 0.6 is 55.9 Å². The first-order chi connectivity index (χ1) is 41.1. The van der Waals surface area contributed by atoms with Crippen LogP contribution in [-0.2, 0) is 57.1 Å². The number of thioether (sulfide) groups is 1. The number of allylic oxidation sites excluding steroid dienone is 2. The van der Waals surface area contributed by atoms with Gasteiger partial charge in [0.15, 0.2) is 41.8 Å². The number of methoxy groups -OCH3 is 5. The summed E-state index contributed by atoms with van der Waals surface area (Å²) in [6.45, 7) is 11.2. The molecule has 4 heterocycles. The lowest BCUT2D eigenvalue weighted by Crippen LogP contribution is -2.65. The third-order valence-corrected chi connectivity index (χ3v) is 20.8. The van der Waals surface area contributed by atoms with E-state index >= 15 is 0 Å². The van der Waals surface area contributed by atoms with E-state index in [0.717, 1.165) is 11.8 Å². The van der Waals surface area contributed by atoms with Crippen molar-refractivity contribution in [2.45, 2.75) is 188 Å². The van der Waals surface area contributed by atoms with Crippen molar-refractivity contribution in [1.82, 2.24) is 10.8 Å². The molecule has 24 nitrogen and oxygen atoms in total. The van der Waals surface area contributed by atoms with Crippen LogP contribution in [0.1, 0.15) is 76.2 Å². The third kappa shape index (κ3) is 16.3. The van der Waals surface area contributed by atoms with Crippen LogP contribution in [0.25, 0.3) is 0 Å². The molecule has 4 saturated heterocycles. The van der Waals surface area contributed by atoms with E-state index in [1.165, 1.54) is 62.2 Å². The van der Waals surface area contributed by atoms with E-state index in [-0.39, 0.29) is 88.7 Å². The Hall–Kier alpha value is -3.13. The van der Waals surface area contributed by atoms with Crippen molar-refractivity contribution >= 4 is 72.8 Å². The van der Waals surface area contributed by atoms with E-state index in [0.29, 0.717) is 15.7 Å². The molecule has 0 aromatic heterocycles. The predicted molar refractivity (Wildman–Crippen MR) is 324 cm³/mol.